The van der Waals surface area contributed by atoms with Crippen molar-refractivity contribution in [3.05, 3.63) is 54.1 Å². The number of fused-ring (bicyclic) bond motifs is 1. The smallest absolute Gasteiger partial charge is 0.321 e. The number of amides is 3. The van der Waals surface area contributed by atoms with Gasteiger partial charge in [0.1, 0.15) is 13.2 Å². The Morgan fingerprint density at radius 3 is 2.53 bits per heavy atom. The normalized spacial score (nSPS) is 22.5. The molecule has 168 valence electrons. The van der Waals surface area contributed by atoms with Crippen molar-refractivity contribution in [1.82, 2.24) is 9.80 Å². The summed E-state index contributed by atoms with van der Waals surface area (Å²) in [6.45, 7) is 3.00. The van der Waals surface area contributed by atoms with Crippen LogP contribution in [-0.2, 0) is 4.79 Å². The molecule has 3 amide bonds. The lowest BCUT2D eigenvalue weighted by molar-refractivity contribution is -0.137. The van der Waals surface area contributed by atoms with Gasteiger partial charge in [-0.25, -0.2) is 4.79 Å². The van der Waals surface area contributed by atoms with Crippen molar-refractivity contribution in [2.75, 3.05) is 38.2 Å². The average Bonchev–Trinajstić information content (AvgIpc) is 3.34. The van der Waals surface area contributed by atoms with Crippen LogP contribution in [0.4, 0.5) is 10.5 Å². The second kappa shape index (κ2) is 9.10. The van der Waals surface area contributed by atoms with Crippen LogP contribution in [0.25, 0.3) is 0 Å². The molecular formula is C25H29N3O4. The maximum absolute atomic E-state index is 13.5. The molecule has 0 saturated carbocycles. The zero-order chi connectivity index (χ0) is 21.9. The molecule has 0 spiro atoms. The summed E-state index contributed by atoms with van der Waals surface area (Å²) in [7, 11) is 0. The van der Waals surface area contributed by atoms with Crippen LogP contribution >= 0.6 is 0 Å². The van der Waals surface area contributed by atoms with Crippen molar-refractivity contribution < 1.29 is 19.1 Å². The Balaban J connectivity index is 1.26. The molecule has 0 unspecified atom stereocenters. The molecule has 0 aromatic heterocycles. The number of ether oxygens (including phenoxy) is 2. The number of carbonyl (C=O) groups excluding carboxylic acids is 2. The number of nitrogens with one attached hydrogen (secondary N) is 1. The Bertz CT molecular complexity index is 980. The SMILES string of the molecule is O=C(Nc1ccccc1)N1CCC[C@@H](C(=O)N2CCC[C@@H]2c2ccc3c(c2)OCCO3)C1. The number of benzene rings is 2. The summed E-state index contributed by atoms with van der Waals surface area (Å²) in [6.07, 6.45) is 3.57. The lowest BCUT2D eigenvalue weighted by Crippen LogP contribution is -2.47. The standard InChI is InChI=1S/C25H29N3O4/c29-24(19-6-4-12-27(17-19)25(30)26-20-7-2-1-3-8-20)28-13-5-9-21(28)18-10-11-22-23(16-18)32-15-14-31-22/h1-3,7-8,10-11,16,19,21H,4-6,9,12-15,17H2,(H,26,30)/t19-,21-/m1/s1. The Morgan fingerprint density at radius 2 is 1.69 bits per heavy atom. The van der Waals surface area contributed by atoms with E-state index in [2.05, 4.69) is 5.32 Å². The van der Waals surface area contributed by atoms with Crippen molar-refractivity contribution in [2.24, 2.45) is 5.92 Å². The van der Waals surface area contributed by atoms with Crippen LogP contribution in [0.5, 0.6) is 11.5 Å². The number of piperidine rings is 1. The third-order valence-corrected chi connectivity index (χ3v) is 6.57. The van der Waals surface area contributed by atoms with E-state index in [4.69, 9.17) is 9.47 Å². The molecular weight excluding hydrogens is 406 g/mol. The van der Waals surface area contributed by atoms with Gasteiger partial charge in [0.2, 0.25) is 5.91 Å². The first-order valence-electron chi connectivity index (χ1n) is 11.5. The summed E-state index contributed by atoms with van der Waals surface area (Å²) in [5.41, 5.74) is 1.86. The average molecular weight is 436 g/mol. The predicted octanol–water partition coefficient (Wildman–Crippen LogP) is 4.07. The van der Waals surface area contributed by atoms with Gasteiger partial charge in [0, 0.05) is 25.3 Å². The van der Waals surface area contributed by atoms with E-state index in [1.54, 1.807) is 4.90 Å². The van der Waals surface area contributed by atoms with E-state index in [1.807, 2.05) is 53.4 Å². The molecule has 7 heteroatoms. The van der Waals surface area contributed by atoms with Crippen molar-refractivity contribution in [3.63, 3.8) is 0 Å². The summed E-state index contributed by atoms with van der Waals surface area (Å²) >= 11 is 0. The minimum absolute atomic E-state index is 0.0480. The van der Waals surface area contributed by atoms with Gasteiger partial charge in [-0.15, -0.1) is 0 Å². The van der Waals surface area contributed by atoms with Gasteiger partial charge in [0.25, 0.3) is 0 Å². The maximum Gasteiger partial charge on any atom is 0.321 e. The first-order valence-corrected chi connectivity index (χ1v) is 11.5. The molecule has 3 heterocycles. The highest BCUT2D eigenvalue weighted by Gasteiger charge is 2.37. The third kappa shape index (κ3) is 4.24. The third-order valence-electron chi connectivity index (χ3n) is 6.57. The van der Waals surface area contributed by atoms with Crippen LogP contribution in [-0.4, -0.2) is 54.6 Å². The number of para-hydroxylation sites is 1. The molecule has 2 aromatic rings. The largest absolute Gasteiger partial charge is 0.486 e. The summed E-state index contributed by atoms with van der Waals surface area (Å²) in [4.78, 5) is 30.0. The highest BCUT2D eigenvalue weighted by molar-refractivity contribution is 5.90. The number of hydrogen-bond acceptors (Lipinski definition) is 4. The molecule has 0 bridgehead atoms. The van der Waals surface area contributed by atoms with Crippen LogP contribution in [0.15, 0.2) is 48.5 Å². The minimum Gasteiger partial charge on any atom is -0.486 e. The summed E-state index contributed by atoms with van der Waals surface area (Å²) < 4.78 is 11.4. The lowest BCUT2D eigenvalue weighted by Gasteiger charge is -2.36. The van der Waals surface area contributed by atoms with Crippen molar-refractivity contribution in [3.8, 4) is 11.5 Å². The summed E-state index contributed by atoms with van der Waals surface area (Å²) in [5, 5.41) is 2.94. The van der Waals surface area contributed by atoms with Crippen LogP contribution < -0.4 is 14.8 Å². The molecule has 1 N–H and O–H groups in total. The molecule has 3 aliphatic rings. The van der Waals surface area contributed by atoms with Gasteiger partial charge in [-0.3, -0.25) is 4.79 Å². The van der Waals surface area contributed by atoms with Crippen LogP contribution in [0, 0.1) is 5.92 Å². The van der Waals surface area contributed by atoms with Crippen molar-refractivity contribution in [1.29, 1.82) is 0 Å². The number of likely N-dealkylation sites (tertiary alicyclic amines) is 2. The lowest BCUT2D eigenvalue weighted by atomic mass is 9.95. The van der Waals surface area contributed by atoms with Gasteiger partial charge in [-0.05, 0) is 55.5 Å². The van der Waals surface area contributed by atoms with Crippen LogP contribution in [0.3, 0.4) is 0 Å². The van der Waals surface area contributed by atoms with E-state index < -0.39 is 0 Å². The van der Waals surface area contributed by atoms with Gasteiger partial charge in [0.05, 0.1) is 12.0 Å². The fraction of sp³-hybridized carbons (Fsp3) is 0.440. The first kappa shape index (κ1) is 20.7. The van der Waals surface area contributed by atoms with E-state index in [9.17, 15) is 9.59 Å². The maximum atomic E-state index is 13.5. The Morgan fingerprint density at radius 1 is 0.906 bits per heavy atom. The number of urea groups is 1. The Kier molecular flexibility index (Phi) is 5.88. The van der Waals surface area contributed by atoms with Crippen LogP contribution in [0.1, 0.15) is 37.3 Å². The topological polar surface area (TPSA) is 71.1 Å². The van der Waals surface area contributed by atoms with Gasteiger partial charge in [-0.2, -0.15) is 0 Å². The second-order valence-electron chi connectivity index (χ2n) is 8.67. The summed E-state index contributed by atoms with van der Waals surface area (Å²) in [6, 6.07) is 15.4. The molecule has 2 aromatic carbocycles. The molecule has 2 saturated heterocycles. The summed E-state index contributed by atoms with van der Waals surface area (Å²) in [5.74, 6) is 1.51. The quantitative estimate of drug-likeness (QED) is 0.789. The van der Waals surface area contributed by atoms with Gasteiger partial charge < -0.3 is 24.6 Å². The van der Waals surface area contributed by atoms with E-state index in [0.717, 1.165) is 55.0 Å². The molecule has 2 atom stereocenters. The molecule has 0 radical (unpaired) electrons. The van der Waals surface area contributed by atoms with E-state index in [0.29, 0.717) is 26.3 Å². The van der Waals surface area contributed by atoms with E-state index >= 15 is 0 Å². The second-order valence-corrected chi connectivity index (χ2v) is 8.67. The monoisotopic (exact) mass is 435 g/mol. The number of hydrogen-bond donors (Lipinski definition) is 1. The number of rotatable bonds is 3. The number of nitrogens with zero attached hydrogens (tertiary/aromatic N) is 2. The molecule has 7 nitrogen and oxygen atoms in total. The van der Waals surface area contributed by atoms with Gasteiger partial charge in [-0.1, -0.05) is 24.3 Å². The van der Waals surface area contributed by atoms with Crippen molar-refractivity contribution in [2.45, 2.75) is 31.7 Å². The molecule has 5 rings (SSSR count). The Labute approximate surface area is 188 Å². The van der Waals surface area contributed by atoms with E-state index in [1.165, 1.54) is 0 Å². The van der Waals surface area contributed by atoms with Crippen molar-refractivity contribution >= 4 is 17.6 Å². The molecule has 3 aliphatic heterocycles. The minimum atomic E-state index is -0.164. The number of anilines is 1. The fourth-order valence-electron chi connectivity index (χ4n) is 4.97. The zero-order valence-electron chi connectivity index (χ0n) is 18.2. The van der Waals surface area contributed by atoms with Crippen LogP contribution in [0.2, 0.25) is 0 Å². The molecule has 32 heavy (non-hydrogen) atoms. The van der Waals surface area contributed by atoms with Gasteiger partial charge in [0.15, 0.2) is 11.5 Å². The fourth-order valence-corrected chi connectivity index (χ4v) is 4.97. The molecule has 0 aliphatic carbocycles. The number of carbonyl (C=O) groups is 2. The molecule has 2 fully saturated rings. The van der Waals surface area contributed by atoms with Gasteiger partial charge >= 0.3 is 6.03 Å². The first-order chi connectivity index (χ1) is 15.7. The highest BCUT2D eigenvalue weighted by atomic mass is 16.6. The highest BCUT2D eigenvalue weighted by Crippen LogP contribution is 2.39. The Hall–Kier alpha value is -3.22. The van der Waals surface area contributed by atoms with E-state index in [-0.39, 0.29) is 23.9 Å². The predicted molar refractivity (Wildman–Crippen MR) is 121 cm³/mol. The zero-order valence-corrected chi connectivity index (χ0v) is 18.2.